The summed E-state index contributed by atoms with van der Waals surface area (Å²) in [5, 5.41) is 12.6. The van der Waals surface area contributed by atoms with Gasteiger partial charge in [-0.1, -0.05) is 42.0 Å². The van der Waals surface area contributed by atoms with Gasteiger partial charge in [0.1, 0.15) is 5.75 Å². The molecule has 0 aliphatic rings. The van der Waals surface area contributed by atoms with Crippen molar-refractivity contribution in [1.29, 1.82) is 0 Å². The summed E-state index contributed by atoms with van der Waals surface area (Å²) in [6, 6.07) is 15.9. The van der Waals surface area contributed by atoms with Crippen molar-refractivity contribution in [3.8, 4) is 17.1 Å². The molecule has 0 radical (unpaired) electrons. The highest BCUT2D eigenvalue weighted by Crippen LogP contribution is 2.15. The highest BCUT2D eigenvalue weighted by atomic mass is 16.5. The minimum absolute atomic E-state index is 0.566. The Hall–Kier alpha value is -2.69. The summed E-state index contributed by atoms with van der Waals surface area (Å²) in [5.74, 6) is 1.46. The van der Waals surface area contributed by atoms with Gasteiger partial charge >= 0.3 is 0 Å². The van der Waals surface area contributed by atoms with Gasteiger partial charge < -0.3 is 4.74 Å². The van der Waals surface area contributed by atoms with E-state index in [1.54, 1.807) is 11.9 Å². The molecule has 1 aromatic heterocycles. The maximum absolute atomic E-state index is 5.21. The number of methoxy groups -OCH3 is 1. The van der Waals surface area contributed by atoms with Crippen LogP contribution in [0.5, 0.6) is 5.75 Å². The number of hydrogen-bond donors (Lipinski definition) is 0. The normalized spacial score (nSPS) is 10.6. The Balaban J connectivity index is 1.80. The quantitative estimate of drug-likeness (QED) is 0.737. The molecule has 5 nitrogen and oxygen atoms in total. The molecule has 1 heterocycles. The molecule has 0 N–H and O–H groups in total. The lowest BCUT2D eigenvalue weighted by molar-refractivity contribution is 0.413. The Kier molecular flexibility index (Phi) is 3.64. The molecule has 0 amide bonds. The van der Waals surface area contributed by atoms with Gasteiger partial charge in [-0.05, 0) is 29.8 Å². The number of rotatable bonds is 4. The van der Waals surface area contributed by atoms with Crippen molar-refractivity contribution in [2.24, 2.45) is 0 Å². The van der Waals surface area contributed by atoms with Crippen molar-refractivity contribution in [1.82, 2.24) is 20.2 Å². The van der Waals surface area contributed by atoms with Crippen LogP contribution in [0, 0.1) is 6.92 Å². The molecule has 3 aromatic rings. The van der Waals surface area contributed by atoms with Gasteiger partial charge in [0.15, 0.2) is 0 Å². The molecule has 0 spiro atoms. The topological polar surface area (TPSA) is 52.8 Å². The van der Waals surface area contributed by atoms with Crippen LogP contribution >= 0.6 is 0 Å². The fraction of sp³-hybridized carbons (Fsp3) is 0.188. The minimum Gasteiger partial charge on any atom is -0.497 e. The van der Waals surface area contributed by atoms with Gasteiger partial charge in [0.2, 0.25) is 5.82 Å². The summed E-state index contributed by atoms with van der Waals surface area (Å²) < 4.78 is 5.21. The third kappa shape index (κ3) is 3.08. The summed E-state index contributed by atoms with van der Waals surface area (Å²) in [4.78, 5) is 1.59. The molecule has 0 saturated heterocycles. The van der Waals surface area contributed by atoms with Gasteiger partial charge in [0.05, 0.1) is 13.7 Å². The first-order valence-corrected chi connectivity index (χ1v) is 6.72. The number of aromatic nitrogens is 4. The van der Waals surface area contributed by atoms with Crippen LogP contribution in [0.1, 0.15) is 11.1 Å². The van der Waals surface area contributed by atoms with E-state index in [1.165, 1.54) is 5.56 Å². The van der Waals surface area contributed by atoms with Crippen LogP contribution in [0.15, 0.2) is 48.5 Å². The number of tetrazole rings is 1. The minimum atomic E-state index is 0.566. The average molecular weight is 280 g/mol. The maximum atomic E-state index is 5.21. The van der Waals surface area contributed by atoms with E-state index in [0.717, 1.165) is 16.9 Å². The standard InChI is InChI=1S/C16H16N4O/c1-12-6-8-14(9-7-12)16-17-19-20(18-16)11-13-4-3-5-15(10-13)21-2/h3-10H,11H2,1-2H3. The average Bonchev–Trinajstić information content (AvgIpc) is 2.96. The molecule has 0 aliphatic carbocycles. The fourth-order valence-electron chi connectivity index (χ4n) is 2.06. The van der Waals surface area contributed by atoms with Crippen LogP contribution in [0.4, 0.5) is 0 Å². The first-order chi connectivity index (χ1) is 10.2. The molecule has 0 atom stereocenters. The van der Waals surface area contributed by atoms with E-state index in [4.69, 9.17) is 4.74 Å². The number of nitrogens with zero attached hydrogens (tertiary/aromatic N) is 4. The third-order valence-electron chi connectivity index (χ3n) is 3.22. The summed E-state index contributed by atoms with van der Waals surface area (Å²) >= 11 is 0. The van der Waals surface area contributed by atoms with Gasteiger partial charge in [0, 0.05) is 5.56 Å². The largest absolute Gasteiger partial charge is 0.497 e. The molecule has 0 unspecified atom stereocenters. The summed E-state index contributed by atoms with van der Waals surface area (Å²) in [5.41, 5.74) is 3.25. The smallest absolute Gasteiger partial charge is 0.204 e. The predicted molar refractivity (Wildman–Crippen MR) is 80.1 cm³/mol. The van der Waals surface area contributed by atoms with E-state index in [9.17, 15) is 0 Å². The molecule has 0 bridgehead atoms. The Morgan fingerprint density at radius 3 is 2.67 bits per heavy atom. The predicted octanol–water partition coefficient (Wildman–Crippen LogP) is 2.71. The zero-order chi connectivity index (χ0) is 14.7. The van der Waals surface area contributed by atoms with E-state index >= 15 is 0 Å². The molecule has 106 valence electrons. The van der Waals surface area contributed by atoms with E-state index in [1.807, 2.05) is 48.5 Å². The Labute approximate surface area is 123 Å². The Bertz CT molecular complexity index is 734. The molecule has 2 aromatic carbocycles. The van der Waals surface area contributed by atoms with Gasteiger partial charge in [-0.2, -0.15) is 4.80 Å². The molecule has 0 fully saturated rings. The highest BCUT2D eigenvalue weighted by molar-refractivity contribution is 5.54. The van der Waals surface area contributed by atoms with Crippen LogP contribution in [-0.4, -0.2) is 27.3 Å². The van der Waals surface area contributed by atoms with Crippen molar-refractivity contribution in [2.75, 3.05) is 7.11 Å². The Morgan fingerprint density at radius 1 is 1.10 bits per heavy atom. The number of aryl methyl sites for hydroxylation is 1. The Morgan fingerprint density at radius 2 is 1.90 bits per heavy atom. The highest BCUT2D eigenvalue weighted by Gasteiger charge is 2.06. The van der Waals surface area contributed by atoms with Crippen molar-refractivity contribution in [3.63, 3.8) is 0 Å². The van der Waals surface area contributed by atoms with Crippen molar-refractivity contribution in [3.05, 3.63) is 59.7 Å². The summed E-state index contributed by atoms with van der Waals surface area (Å²) in [7, 11) is 1.66. The lowest BCUT2D eigenvalue weighted by Crippen LogP contribution is -2.04. The van der Waals surface area contributed by atoms with Crippen molar-refractivity contribution < 1.29 is 4.74 Å². The SMILES string of the molecule is COc1cccc(Cn2nnc(-c3ccc(C)cc3)n2)c1. The number of hydrogen-bond acceptors (Lipinski definition) is 4. The van der Waals surface area contributed by atoms with E-state index < -0.39 is 0 Å². The monoisotopic (exact) mass is 280 g/mol. The van der Waals surface area contributed by atoms with Crippen molar-refractivity contribution in [2.45, 2.75) is 13.5 Å². The zero-order valence-corrected chi connectivity index (χ0v) is 12.0. The van der Waals surface area contributed by atoms with Crippen LogP contribution in [-0.2, 0) is 6.54 Å². The van der Waals surface area contributed by atoms with Crippen LogP contribution in [0.3, 0.4) is 0 Å². The van der Waals surface area contributed by atoms with Crippen LogP contribution in [0.25, 0.3) is 11.4 Å². The number of benzene rings is 2. The first kappa shape index (κ1) is 13.3. The van der Waals surface area contributed by atoms with Crippen LogP contribution < -0.4 is 4.74 Å². The second kappa shape index (κ2) is 5.75. The van der Waals surface area contributed by atoms with Crippen molar-refractivity contribution >= 4 is 0 Å². The van der Waals surface area contributed by atoms with Crippen LogP contribution in [0.2, 0.25) is 0 Å². The van der Waals surface area contributed by atoms with Gasteiger partial charge in [-0.3, -0.25) is 0 Å². The third-order valence-corrected chi connectivity index (χ3v) is 3.22. The second-order valence-corrected chi connectivity index (χ2v) is 4.86. The second-order valence-electron chi connectivity index (χ2n) is 4.86. The van der Waals surface area contributed by atoms with E-state index in [2.05, 4.69) is 22.3 Å². The zero-order valence-electron chi connectivity index (χ0n) is 12.0. The van der Waals surface area contributed by atoms with Gasteiger partial charge in [-0.25, -0.2) is 0 Å². The van der Waals surface area contributed by atoms with E-state index in [-0.39, 0.29) is 0 Å². The lowest BCUT2D eigenvalue weighted by Gasteiger charge is -2.03. The molecule has 0 aliphatic heterocycles. The molecule has 21 heavy (non-hydrogen) atoms. The summed E-state index contributed by atoms with van der Waals surface area (Å²) in [6.07, 6.45) is 0. The summed E-state index contributed by atoms with van der Waals surface area (Å²) in [6.45, 7) is 2.62. The number of ether oxygens (including phenoxy) is 1. The molecular weight excluding hydrogens is 264 g/mol. The molecular formula is C16H16N4O. The van der Waals surface area contributed by atoms with Gasteiger partial charge in [0.25, 0.3) is 0 Å². The fourth-order valence-corrected chi connectivity index (χ4v) is 2.06. The van der Waals surface area contributed by atoms with E-state index in [0.29, 0.717) is 12.4 Å². The maximum Gasteiger partial charge on any atom is 0.204 e. The molecule has 3 rings (SSSR count). The lowest BCUT2D eigenvalue weighted by atomic mass is 10.1. The molecule has 5 heteroatoms. The first-order valence-electron chi connectivity index (χ1n) is 6.72. The molecule has 0 saturated carbocycles. The van der Waals surface area contributed by atoms with Gasteiger partial charge in [-0.15, -0.1) is 10.2 Å².